The van der Waals surface area contributed by atoms with Crippen LogP contribution >= 0.6 is 22.6 Å². The number of aromatic nitrogens is 4. The summed E-state index contributed by atoms with van der Waals surface area (Å²) in [5.41, 5.74) is 0.459. The summed E-state index contributed by atoms with van der Waals surface area (Å²) in [7, 11) is 5.27. The first-order valence-electron chi connectivity index (χ1n) is 26.1. The number of ether oxygens (including phenoxy) is 7. The average molecular weight is 1150 g/mol. The van der Waals surface area contributed by atoms with Gasteiger partial charge in [0, 0.05) is 74.7 Å². The average Bonchev–Trinajstić information content (AvgIpc) is 3.81. The Morgan fingerprint density at radius 2 is 1.62 bits per heavy atom. The molecule has 74 heavy (non-hydrogen) atoms. The van der Waals surface area contributed by atoms with Gasteiger partial charge >= 0.3 is 5.97 Å². The van der Waals surface area contributed by atoms with Gasteiger partial charge in [-0.05, 0) is 128 Å². The molecule has 0 radical (unpaired) electrons. The van der Waals surface area contributed by atoms with Crippen LogP contribution in [0.3, 0.4) is 0 Å². The Balaban J connectivity index is 1.16. The normalized spacial score (nSPS) is 38.3. The minimum Gasteiger partial charge on any atom is -0.448 e. The van der Waals surface area contributed by atoms with Gasteiger partial charge in [0.05, 0.1) is 67.0 Å². The second-order valence-corrected chi connectivity index (χ2v) is 23.4. The van der Waals surface area contributed by atoms with Crippen LogP contribution in [0.25, 0.3) is 11.1 Å². The van der Waals surface area contributed by atoms with E-state index in [9.17, 15) is 30.3 Å². The molecule has 3 saturated heterocycles. The summed E-state index contributed by atoms with van der Waals surface area (Å²) in [6.45, 7) is 20.1. The number of rotatable bonds is 15. The molecule has 5 heterocycles. The lowest BCUT2D eigenvalue weighted by atomic mass is 9.77. The molecule has 18 atom stereocenters. The van der Waals surface area contributed by atoms with Crippen LogP contribution in [0, 0.1) is 24.7 Å². The molecule has 0 amide bonds. The second-order valence-electron chi connectivity index (χ2n) is 22.3. The molecule has 0 unspecified atom stereocenters. The molecular weight excluding hydrogens is 1070 g/mol. The lowest BCUT2D eigenvalue weighted by molar-refractivity contribution is -0.318. The molecule has 5 N–H and O–H groups in total. The number of esters is 1. The maximum absolute atomic E-state index is 14.3. The van der Waals surface area contributed by atoms with Crippen molar-refractivity contribution in [3.8, 4) is 11.1 Å². The standard InChI is InChI=1S/C54H85IN6O13/c1-31-25-52(8,66)48(34(4)45(72-43-26-53(9,68-13)47(64)37(7)71-43)35(5)49(65)74-51(55)54(10,67)46(63)36(6)60(12)28-31)73-50-44(62)42(24-33(3)70-50)59(11)21-20-41-29-61(58-57-41)22-23-69-30-38-15-18-39(19-16-38)40-17-14-32(2)56-27-40/h14-19,27,29,31,33-37,42-48,50-51,62-64,66-67H,20-26,28,30H2,1-13H3/t31-,33-,34+,35-,36-,37+,42+,43+,44-,45+,46-,47+,48-,50+,51+,52-,53-,54+/m1/s1. The number of carbonyl (C=O) groups excluding carboxylic acids is 1. The van der Waals surface area contributed by atoms with Crippen molar-refractivity contribution >= 4 is 28.6 Å². The van der Waals surface area contributed by atoms with Crippen molar-refractivity contribution in [2.24, 2.45) is 17.8 Å². The third kappa shape index (κ3) is 14.9. The monoisotopic (exact) mass is 1150 g/mol. The van der Waals surface area contributed by atoms with E-state index in [1.165, 1.54) is 14.0 Å². The first kappa shape index (κ1) is 60.4. The van der Waals surface area contributed by atoms with Gasteiger partial charge in [-0.25, -0.2) is 4.68 Å². The molecule has 0 spiro atoms. The fourth-order valence-electron chi connectivity index (χ4n) is 10.9. The number of nitrogens with zero attached hydrogens (tertiary/aromatic N) is 6. The van der Waals surface area contributed by atoms with E-state index in [2.05, 4.69) is 50.5 Å². The van der Waals surface area contributed by atoms with Crippen LogP contribution in [0.2, 0.25) is 0 Å². The third-order valence-corrected chi connectivity index (χ3v) is 17.3. The molecule has 3 aliphatic rings. The van der Waals surface area contributed by atoms with E-state index < -0.39 is 100 Å². The predicted molar refractivity (Wildman–Crippen MR) is 285 cm³/mol. The number of hydrogen-bond acceptors (Lipinski definition) is 18. The lowest BCUT2D eigenvalue weighted by Crippen LogP contribution is -2.60. The molecule has 20 heteroatoms. The molecule has 1 aromatic carbocycles. The van der Waals surface area contributed by atoms with E-state index in [0.717, 1.165) is 28.1 Å². The van der Waals surface area contributed by atoms with Crippen molar-refractivity contribution in [1.29, 1.82) is 0 Å². The SMILES string of the molecule is CO[C@]1(C)C[C@H](O[C@H]2[C@H](C)[C@@H](O[C@@H]3O[C@H](C)C[C@H](N(C)CCc4cn(CCOCc5ccc(-c6ccc(C)nc6)cc5)nn4)[C@H]3O)[C@](C)(O)C[C@@H](C)CN(C)[C@H](C)[C@@H](O)[C@](C)(O)[C@@H](I)OC(=O)[C@@H]2C)O[C@@H](C)[C@@H]1O. The van der Waals surface area contributed by atoms with Crippen molar-refractivity contribution in [3.63, 3.8) is 0 Å². The highest BCUT2D eigenvalue weighted by Crippen LogP contribution is 2.40. The van der Waals surface area contributed by atoms with Crippen molar-refractivity contribution in [2.45, 2.75) is 196 Å². The Bertz CT molecular complexity index is 2220. The van der Waals surface area contributed by atoms with Gasteiger partial charge < -0.3 is 68.5 Å². The first-order chi connectivity index (χ1) is 34.7. The summed E-state index contributed by atoms with van der Waals surface area (Å²) >= 11 is 1.83. The highest BCUT2D eigenvalue weighted by atomic mass is 127. The lowest BCUT2D eigenvalue weighted by Gasteiger charge is -2.49. The summed E-state index contributed by atoms with van der Waals surface area (Å²) in [4.78, 5) is 22.7. The van der Waals surface area contributed by atoms with Crippen LogP contribution < -0.4 is 0 Å². The van der Waals surface area contributed by atoms with Gasteiger partial charge in [-0.3, -0.25) is 9.78 Å². The zero-order valence-electron chi connectivity index (χ0n) is 45.7. The third-order valence-electron chi connectivity index (χ3n) is 15.7. The van der Waals surface area contributed by atoms with E-state index in [-0.39, 0.29) is 24.9 Å². The summed E-state index contributed by atoms with van der Waals surface area (Å²) in [6, 6.07) is 11.3. The topological polar surface area (TPSA) is 233 Å². The van der Waals surface area contributed by atoms with E-state index in [4.69, 9.17) is 33.2 Å². The Kier molecular flexibility index (Phi) is 21.0. The maximum Gasteiger partial charge on any atom is 0.312 e. The fourth-order valence-corrected chi connectivity index (χ4v) is 11.5. The minimum atomic E-state index is -1.86. The zero-order valence-corrected chi connectivity index (χ0v) is 47.9. The molecule has 416 valence electrons. The first-order valence-corrected chi connectivity index (χ1v) is 27.4. The number of aryl methyl sites for hydroxylation is 1. The number of aliphatic hydroxyl groups excluding tert-OH is 3. The summed E-state index contributed by atoms with van der Waals surface area (Å²) in [6.07, 6.45) is -3.80. The van der Waals surface area contributed by atoms with Crippen LogP contribution in [-0.4, -0.2) is 190 Å². The molecule has 0 aliphatic carbocycles. The molecule has 3 aromatic rings. The van der Waals surface area contributed by atoms with Crippen molar-refractivity contribution in [2.75, 3.05) is 40.9 Å². The number of carbonyl (C=O) groups is 1. The Hall–Kier alpha value is -2.81. The number of methoxy groups -OCH3 is 1. The van der Waals surface area contributed by atoms with Gasteiger partial charge in [0.15, 0.2) is 16.7 Å². The zero-order chi connectivity index (χ0) is 54.4. The molecule has 3 fully saturated rings. The minimum absolute atomic E-state index is 0.101. The van der Waals surface area contributed by atoms with E-state index >= 15 is 0 Å². The highest BCUT2D eigenvalue weighted by Gasteiger charge is 2.53. The molecular formula is C54H85IN6O13. The molecule has 3 aliphatic heterocycles. The van der Waals surface area contributed by atoms with Gasteiger partial charge in [-0.1, -0.05) is 49.4 Å². The molecule has 0 saturated carbocycles. The predicted octanol–water partition coefficient (Wildman–Crippen LogP) is 4.67. The van der Waals surface area contributed by atoms with Gasteiger partial charge in [0.2, 0.25) is 0 Å². The van der Waals surface area contributed by atoms with Crippen LogP contribution in [0.1, 0.15) is 98.5 Å². The number of pyridine rings is 1. The van der Waals surface area contributed by atoms with Gasteiger partial charge in [0.25, 0.3) is 0 Å². The number of likely N-dealkylation sites (N-methyl/N-ethyl adjacent to an activating group) is 2. The van der Waals surface area contributed by atoms with Crippen LogP contribution in [-0.2, 0) is 57.5 Å². The summed E-state index contributed by atoms with van der Waals surface area (Å²) in [5.74, 6) is -2.81. The van der Waals surface area contributed by atoms with Crippen molar-refractivity contribution in [3.05, 3.63) is 65.7 Å². The van der Waals surface area contributed by atoms with Crippen molar-refractivity contribution < 1.29 is 63.5 Å². The van der Waals surface area contributed by atoms with Crippen LogP contribution in [0.4, 0.5) is 0 Å². The van der Waals surface area contributed by atoms with Crippen LogP contribution in [0.5, 0.6) is 0 Å². The molecule has 19 nitrogen and oxygen atoms in total. The smallest absolute Gasteiger partial charge is 0.312 e. The van der Waals surface area contributed by atoms with Gasteiger partial charge in [-0.2, -0.15) is 0 Å². The largest absolute Gasteiger partial charge is 0.448 e. The summed E-state index contributed by atoms with van der Waals surface area (Å²) in [5, 5.41) is 68.1. The maximum atomic E-state index is 14.3. The number of cyclic esters (lactones) is 1. The van der Waals surface area contributed by atoms with Crippen LogP contribution in [0.15, 0.2) is 48.8 Å². The van der Waals surface area contributed by atoms with Gasteiger partial charge in [-0.15, -0.1) is 5.10 Å². The second kappa shape index (κ2) is 25.8. The summed E-state index contributed by atoms with van der Waals surface area (Å²) < 4.78 is 44.7. The van der Waals surface area contributed by atoms with E-state index in [1.807, 2.05) is 87.7 Å². The van der Waals surface area contributed by atoms with Crippen molar-refractivity contribution in [1.82, 2.24) is 29.8 Å². The van der Waals surface area contributed by atoms with Gasteiger partial charge in [0.1, 0.15) is 23.9 Å². The Morgan fingerprint density at radius 3 is 2.28 bits per heavy atom. The Labute approximate surface area is 451 Å². The quantitative estimate of drug-likeness (QED) is 0.0602. The van der Waals surface area contributed by atoms with E-state index in [1.54, 1.807) is 39.3 Å². The molecule has 6 rings (SSSR count). The Morgan fingerprint density at radius 1 is 0.932 bits per heavy atom. The fraction of sp³-hybridized carbons (Fsp3) is 0.741. The highest BCUT2D eigenvalue weighted by molar-refractivity contribution is 14.1. The number of halogens is 1. The molecule has 0 bridgehead atoms. The number of hydrogen-bond donors (Lipinski definition) is 5. The number of aliphatic hydroxyl groups is 5. The molecule has 2 aromatic heterocycles. The van der Waals surface area contributed by atoms with E-state index in [0.29, 0.717) is 45.7 Å². The number of alkyl halides is 1. The number of benzene rings is 1.